The number of hydrogen-bond acceptors (Lipinski definition) is 2. The quantitative estimate of drug-likeness (QED) is 0.162. The maximum Gasteiger partial charge on any atom is 0.0540 e. The van der Waals surface area contributed by atoms with Gasteiger partial charge in [0.15, 0.2) is 0 Å². The summed E-state index contributed by atoms with van der Waals surface area (Å²) in [7, 11) is 0. The molecule has 1 aromatic heterocycles. The second-order valence-electron chi connectivity index (χ2n) is 18.1. The summed E-state index contributed by atoms with van der Waals surface area (Å²) in [5.41, 5.74) is 21.5. The van der Waals surface area contributed by atoms with Crippen molar-refractivity contribution in [2.45, 2.75) is 38.5 Å². The van der Waals surface area contributed by atoms with Crippen molar-refractivity contribution in [3.05, 3.63) is 222 Å². The van der Waals surface area contributed by atoms with E-state index in [-0.39, 0.29) is 10.8 Å². The molecule has 0 bridgehead atoms. The SMILES string of the molecule is CC1(C)c2ccccc2-c2ccc(-c3ccc(N(c4ccc(-c5cccc6sc7ccccc7c56)cc4)c4ccccc4-c4cccc5c4-c4ccccc4C5(C)C)cc3)cc21. The van der Waals surface area contributed by atoms with Crippen molar-refractivity contribution >= 4 is 48.6 Å². The molecule has 62 heavy (non-hydrogen) atoms. The normalized spacial score (nSPS) is 14.1. The van der Waals surface area contributed by atoms with E-state index in [9.17, 15) is 0 Å². The summed E-state index contributed by atoms with van der Waals surface area (Å²) in [6.45, 7) is 9.44. The fourth-order valence-corrected chi connectivity index (χ4v) is 11.9. The van der Waals surface area contributed by atoms with Gasteiger partial charge in [0.25, 0.3) is 0 Å². The second-order valence-corrected chi connectivity index (χ2v) is 19.1. The van der Waals surface area contributed by atoms with E-state index in [1.165, 1.54) is 98.1 Å². The Labute approximate surface area is 368 Å². The smallest absolute Gasteiger partial charge is 0.0540 e. The zero-order valence-electron chi connectivity index (χ0n) is 35.4. The number of para-hydroxylation sites is 1. The van der Waals surface area contributed by atoms with Gasteiger partial charge >= 0.3 is 0 Å². The van der Waals surface area contributed by atoms with Gasteiger partial charge in [0.1, 0.15) is 0 Å². The van der Waals surface area contributed by atoms with Gasteiger partial charge in [-0.05, 0) is 121 Å². The van der Waals surface area contributed by atoms with Crippen LogP contribution in [0.1, 0.15) is 49.9 Å². The molecule has 0 saturated heterocycles. The minimum Gasteiger partial charge on any atom is -0.310 e. The molecule has 9 aromatic carbocycles. The standard InChI is InChI=1S/C60H45NS/c1-59(2)51-22-10-6-17-48(51)57-47(20-13-23-52(57)59)46-16-7-11-24-54(46)61(42-34-29-39(30-35-42)43-19-14-26-56-58(43)49-18-8-12-25-55(49)62-56)41-32-27-38(28-33-41)40-31-36-45-44-15-5-9-21-50(44)60(3,4)53(45)37-40/h5-37H,1-4H3. The average Bonchev–Trinajstić information content (AvgIpc) is 3.90. The lowest BCUT2D eigenvalue weighted by Gasteiger charge is -2.29. The topological polar surface area (TPSA) is 3.24 Å². The highest BCUT2D eigenvalue weighted by Crippen LogP contribution is 2.54. The maximum atomic E-state index is 2.46. The molecule has 0 spiro atoms. The van der Waals surface area contributed by atoms with Crippen LogP contribution in [0.4, 0.5) is 17.1 Å². The third-order valence-electron chi connectivity index (χ3n) is 13.9. The van der Waals surface area contributed by atoms with Crippen LogP contribution in [-0.2, 0) is 10.8 Å². The van der Waals surface area contributed by atoms with Crippen molar-refractivity contribution in [2.24, 2.45) is 0 Å². The van der Waals surface area contributed by atoms with Crippen LogP contribution in [-0.4, -0.2) is 0 Å². The molecule has 2 heteroatoms. The molecule has 12 rings (SSSR count). The van der Waals surface area contributed by atoms with E-state index in [4.69, 9.17) is 0 Å². The molecule has 0 amide bonds. The molecular weight excluding hydrogens is 767 g/mol. The molecule has 296 valence electrons. The van der Waals surface area contributed by atoms with Crippen LogP contribution in [0.15, 0.2) is 200 Å². The molecule has 0 aliphatic heterocycles. The van der Waals surface area contributed by atoms with Crippen molar-refractivity contribution < 1.29 is 0 Å². The van der Waals surface area contributed by atoms with Crippen LogP contribution in [0, 0.1) is 0 Å². The Balaban J connectivity index is 1.00. The number of rotatable bonds is 6. The van der Waals surface area contributed by atoms with E-state index in [1.807, 2.05) is 11.3 Å². The number of anilines is 3. The zero-order valence-corrected chi connectivity index (χ0v) is 36.2. The van der Waals surface area contributed by atoms with E-state index in [2.05, 4.69) is 233 Å². The van der Waals surface area contributed by atoms with Crippen LogP contribution in [0.2, 0.25) is 0 Å². The first-order chi connectivity index (χ1) is 30.3. The third kappa shape index (κ3) is 5.46. The van der Waals surface area contributed by atoms with Gasteiger partial charge in [0.05, 0.1) is 5.69 Å². The fraction of sp³-hybridized carbons (Fsp3) is 0.100. The van der Waals surface area contributed by atoms with Crippen LogP contribution in [0.25, 0.3) is 75.8 Å². The summed E-state index contributed by atoms with van der Waals surface area (Å²) in [5.74, 6) is 0. The monoisotopic (exact) mass is 811 g/mol. The predicted octanol–water partition coefficient (Wildman–Crippen LogP) is 17.1. The summed E-state index contributed by atoms with van der Waals surface area (Å²) in [6, 6.07) is 74.7. The van der Waals surface area contributed by atoms with Gasteiger partial charge in [0.2, 0.25) is 0 Å². The van der Waals surface area contributed by atoms with Gasteiger partial charge in [-0.3, -0.25) is 0 Å². The average molecular weight is 812 g/mol. The van der Waals surface area contributed by atoms with Crippen LogP contribution in [0.3, 0.4) is 0 Å². The van der Waals surface area contributed by atoms with Crippen molar-refractivity contribution in [3.8, 4) is 55.6 Å². The molecule has 2 aliphatic rings. The van der Waals surface area contributed by atoms with Crippen molar-refractivity contribution in [3.63, 3.8) is 0 Å². The molecule has 0 unspecified atom stereocenters. The van der Waals surface area contributed by atoms with Crippen LogP contribution in [0.5, 0.6) is 0 Å². The van der Waals surface area contributed by atoms with Gasteiger partial charge in [-0.1, -0.05) is 179 Å². The molecular formula is C60H45NS. The summed E-state index contributed by atoms with van der Waals surface area (Å²) in [5, 5.41) is 2.65. The van der Waals surface area contributed by atoms with Gasteiger partial charge in [-0.2, -0.15) is 0 Å². The minimum atomic E-state index is -0.0889. The molecule has 0 fully saturated rings. The summed E-state index contributed by atoms with van der Waals surface area (Å²) in [4.78, 5) is 2.46. The van der Waals surface area contributed by atoms with Crippen LogP contribution < -0.4 is 4.90 Å². The molecule has 1 heterocycles. The molecule has 0 N–H and O–H groups in total. The van der Waals surface area contributed by atoms with Gasteiger partial charge in [-0.25, -0.2) is 0 Å². The second kappa shape index (κ2) is 13.8. The van der Waals surface area contributed by atoms with Crippen LogP contribution >= 0.6 is 11.3 Å². The Hall–Kier alpha value is -7.00. The lowest BCUT2D eigenvalue weighted by Crippen LogP contribution is -2.15. The number of hydrogen-bond donors (Lipinski definition) is 0. The third-order valence-corrected chi connectivity index (χ3v) is 15.1. The molecule has 10 aromatic rings. The summed E-state index contributed by atoms with van der Waals surface area (Å²) < 4.78 is 2.64. The van der Waals surface area contributed by atoms with E-state index in [0.29, 0.717) is 0 Å². The molecule has 0 atom stereocenters. The first-order valence-electron chi connectivity index (χ1n) is 21.8. The number of thiophene rings is 1. The van der Waals surface area contributed by atoms with Gasteiger partial charge < -0.3 is 4.90 Å². The lowest BCUT2D eigenvalue weighted by molar-refractivity contribution is 0.660. The zero-order chi connectivity index (χ0) is 41.7. The number of fused-ring (bicyclic) bond motifs is 9. The van der Waals surface area contributed by atoms with E-state index in [1.54, 1.807) is 0 Å². The summed E-state index contributed by atoms with van der Waals surface area (Å²) >= 11 is 1.87. The molecule has 0 radical (unpaired) electrons. The molecule has 0 saturated carbocycles. The van der Waals surface area contributed by atoms with Gasteiger partial charge in [-0.15, -0.1) is 11.3 Å². The largest absolute Gasteiger partial charge is 0.310 e. The summed E-state index contributed by atoms with van der Waals surface area (Å²) in [6.07, 6.45) is 0. The van der Waals surface area contributed by atoms with E-state index in [0.717, 1.165) is 17.1 Å². The van der Waals surface area contributed by atoms with Crippen molar-refractivity contribution in [2.75, 3.05) is 4.90 Å². The predicted molar refractivity (Wildman–Crippen MR) is 265 cm³/mol. The Kier molecular flexibility index (Phi) is 8.17. The van der Waals surface area contributed by atoms with Crippen molar-refractivity contribution in [1.29, 1.82) is 0 Å². The van der Waals surface area contributed by atoms with Crippen molar-refractivity contribution in [1.82, 2.24) is 0 Å². The first-order valence-corrected chi connectivity index (χ1v) is 22.6. The Bertz CT molecular complexity index is 3400. The fourth-order valence-electron chi connectivity index (χ4n) is 10.8. The van der Waals surface area contributed by atoms with Gasteiger partial charge in [0, 0.05) is 47.9 Å². The minimum absolute atomic E-state index is 0.0516. The maximum absolute atomic E-state index is 2.46. The highest BCUT2D eigenvalue weighted by molar-refractivity contribution is 7.25. The number of benzene rings is 9. The van der Waals surface area contributed by atoms with E-state index < -0.39 is 0 Å². The first kappa shape index (κ1) is 36.8. The lowest BCUT2D eigenvalue weighted by atomic mass is 9.81. The Morgan fingerprint density at radius 1 is 0.355 bits per heavy atom. The highest BCUT2D eigenvalue weighted by atomic mass is 32.1. The Morgan fingerprint density at radius 3 is 1.65 bits per heavy atom. The number of nitrogens with zero attached hydrogens (tertiary/aromatic N) is 1. The highest BCUT2D eigenvalue weighted by Gasteiger charge is 2.37. The van der Waals surface area contributed by atoms with E-state index >= 15 is 0 Å². The molecule has 1 nitrogen and oxygen atoms in total. The molecule has 2 aliphatic carbocycles. The Morgan fingerprint density at radius 2 is 0.871 bits per heavy atom.